The SMILES string of the molecule is CC(=O)NCC1(c2ccccn2)COc2cccc([NH+]([O-])[O-])c2N1. The third-order valence-corrected chi connectivity index (χ3v) is 3.88. The van der Waals surface area contributed by atoms with Gasteiger partial charge in [0.2, 0.25) is 5.91 Å². The van der Waals surface area contributed by atoms with Crippen LogP contribution in [0.1, 0.15) is 12.6 Å². The van der Waals surface area contributed by atoms with Crippen LogP contribution in [-0.2, 0) is 10.3 Å². The van der Waals surface area contributed by atoms with E-state index in [-0.39, 0.29) is 24.7 Å². The van der Waals surface area contributed by atoms with Crippen LogP contribution in [-0.4, -0.2) is 24.0 Å². The average molecular weight is 329 g/mol. The molecule has 1 aliphatic heterocycles. The number of benzene rings is 1. The zero-order valence-corrected chi connectivity index (χ0v) is 13.0. The fourth-order valence-electron chi connectivity index (χ4n) is 2.67. The molecular formula is C16H17N4O4-. The molecule has 1 atom stereocenters. The van der Waals surface area contributed by atoms with E-state index in [1.54, 1.807) is 30.5 Å². The number of carbonyl (C=O) groups is 1. The third kappa shape index (κ3) is 3.02. The number of amides is 1. The van der Waals surface area contributed by atoms with E-state index < -0.39 is 10.8 Å². The van der Waals surface area contributed by atoms with Gasteiger partial charge in [-0.2, -0.15) is 0 Å². The molecule has 3 N–H and O–H groups in total. The van der Waals surface area contributed by atoms with Gasteiger partial charge in [0, 0.05) is 25.7 Å². The third-order valence-electron chi connectivity index (χ3n) is 3.88. The molecule has 1 aromatic carbocycles. The fraction of sp³-hybridized carbons (Fsp3) is 0.250. The number of hydrogen-bond acceptors (Lipinski definition) is 6. The Kier molecular flexibility index (Phi) is 4.34. The highest BCUT2D eigenvalue weighted by Gasteiger charge is 2.40. The molecule has 8 heteroatoms. The molecule has 0 fully saturated rings. The number of aromatic nitrogens is 1. The van der Waals surface area contributed by atoms with Crippen LogP contribution in [0.15, 0.2) is 42.6 Å². The quantitative estimate of drug-likeness (QED) is 0.701. The highest BCUT2D eigenvalue weighted by molar-refractivity contribution is 5.74. The number of anilines is 1. The van der Waals surface area contributed by atoms with Crippen LogP contribution >= 0.6 is 0 Å². The van der Waals surface area contributed by atoms with Crippen LogP contribution < -0.4 is 20.6 Å². The molecule has 2 heterocycles. The number of hydrogen-bond donors (Lipinski definition) is 3. The van der Waals surface area contributed by atoms with Crippen LogP contribution in [0, 0.1) is 10.4 Å². The van der Waals surface area contributed by atoms with Crippen molar-refractivity contribution in [1.82, 2.24) is 10.3 Å². The summed E-state index contributed by atoms with van der Waals surface area (Å²) >= 11 is 0. The molecule has 0 aliphatic carbocycles. The summed E-state index contributed by atoms with van der Waals surface area (Å²) in [6, 6.07) is 10.1. The van der Waals surface area contributed by atoms with E-state index >= 15 is 0 Å². The molecule has 3 rings (SSSR count). The minimum Gasteiger partial charge on any atom is -0.628 e. The maximum atomic E-state index is 11.4. The van der Waals surface area contributed by atoms with Gasteiger partial charge in [-0.15, -0.1) is 0 Å². The van der Waals surface area contributed by atoms with Crippen molar-refractivity contribution in [3.63, 3.8) is 0 Å². The number of ether oxygens (including phenoxy) is 1. The summed E-state index contributed by atoms with van der Waals surface area (Å²) < 4.78 is 5.77. The van der Waals surface area contributed by atoms with Crippen molar-refractivity contribution in [3.8, 4) is 5.75 Å². The number of nitrogens with zero attached hydrogens (tertiary/aromatic N) is 1. The zero-order valence-electron chi connectivity index (χ0n) is 13.0. The van der Waals surface area contributed by atoms with E-state index in [1.165, 1.54) is 13.0 Å². The first-order chi connectivity index (χ1) is 11.5. The molecule has 1 unspecified atom stereocenters. The summed E-state index contributed by atoms with van der Waals surface area (Å²) in [5, 5.41) is 27.4. The lowest BCUT2D eigenvalue weighted by Crippen LogP contribution is -2.96. The maximum Gasteiger partial charge on any atom is 0.216 e. The van der Waals surface area contributed by atoms with Gasteiger partial charge in [0.25, 0.3) is 0 Å². The van der Waals surface area contributed by atoms with Gasteiger partial charge in [0.05, 0.1) is 5.69 Å². The highest BCUT2D eigenvalue weighted by atomic mass is 16.8. The van der Waals surface area contributed by atoms with E-state index in [1.807, 2.05) is 6.07 Å². The molecule has 1 aromatic heterocycles. The van der Waals surface area contributed by atoms with Crippen molar-refractivity contribution in [2.45, 2.75) is 12.5 Å². The first-order valence-electron chi connectivity index (χ1n) is 7.43. The molecule has 0 radical (unpaired) electrons. The second-order valence-electron chi connectivity index (χ2n) is 5.59. The minimum atomic E-state index is -1.31. The van der Waals surface area contributed by atoms with E-state index in [0.29, 0.717) is 17.1 Å². The summed E-state index contributed by atoms with van der Waals surface area (Å²) in [7, 11) is 0. The summed E-state index contributed by atoms with van der Waals surface area (Å²) in [5.74, 6) is 0.220. The van der Waals surface area contributed by atoms with Crippen molar-refractivity contribution < 1.29 is 14.8 Å². The summed E-state index contributed by atoms with van der Waals surface area (Å²) in [4.78, 5) is 15.7. The summed E-state index contributed by atoms with van der Waals surface area (Å²) in [6.45, 7) is 1.80. The van der Waals surface area contributed by atoms with Crippen molar-refractivity contribution in [2.75, 3.05) is 18.5 Å². The number of nitrogens with one attached hydrogen (secondary N) is 3. The number of pyridine rings is 1. The second-order valence-corrected chi connectivity index (χ2v) is 5.59. The van der Waals surface area contributed by atoms with Crippen LogP contribution in [0.2, 0.25) is 0 Å². The highest BCUT2D eigenvalue weighted by Crippen LogP contribution is 2.40. The Balaban J connectivity index is 2.04. The van der Waals surface area contributed by atoms with Crippen LogP contribution in [0.4, 0.5) is 11.4 Å². The van der Waals surface area contributed by atoms with Gasteiger partial charge < -0.3 is 31.0 Å². The van der Waals surface area contributed by atoms with Gasteiger partial charge in [-0.05, 0) is 18.2 Å². The standard InChI is InChI=1S/C16H17N4O4/c1-11(21)18-9-16(14-7-2-3-8-17-14)10-24-13-6-4-5-12(20(22)23)15(13)19-16/h2-8,19-20H,9-10H2,1H3,(H,18,21)/q-1. The number of rotatable bonds is 4. The number of fused-ring (bicyclic) bond motifs is 1. The van der Waals surface area contributed by atoms with Gasteiger partial charge in [-0.25, -0.2) is 0 Å². The van der Waals surface area contributed by atoms with Gasteiger partial charge in [-0.1, -0.05) is 12.1 Å². The predicted molar refractivity (Wildman–Crippen MR) is 87.5 cm³/mol. The Bertz CT molecular complexity index is 738. The van der Waals surface area contributed by atoms with Crippen LogP contribution in [0.25, 0.3) is 0 Å². The Hall–Kier alpha value is -2.68. The molecule has 0 bridgehead atoms. The lowest BCUT2D eigenvalue weighted by atomic mass is 9.92. The van der Waals surface area contributed by atoms with Crippen molar-refractivity contribution in [2.24, 2.45) is 0 Å². The first-order valence-corrected chi connectivity index (χ1v) is 7.43. The predicted octanol–water partition coefficient (Wildman–Crippen LogP) is 0.430. The molecule has 2 aromatic rings. The van der Waals surface area contributed by atoms with Crippen LogP contribution in [0.5, 0.6) is 5.75 Å². The van der Waals surface area contributed by atoms with Gasteiger partial charge in [0.15, 0.2) is 5.69 Å². The summed E-state index contributed by atoms with van der Waals surface area (Å²) in [6.07, 6.45) is 1.63. The summed E-state index contributed by atoms with van der Waals surface area (Å²) in [5.41, 5.74) is 0.0681. The van der Waals surface area contributed by atoms with E-state index in [4.69, 9.17) is 4.74 Å². The van der Waals surface area contributed by atoms with Crippen molar-refractivity contribution >= 4 is 17.3 Å². The smallest absolute Gasteiger partial charge is 0.216 e. The number of carbonyl (C=O) groups excluding carboxylic acids is 1. The maximum absolute atomic E-state index is 11.4. The zero-order chi connectivity index (χ0) is 17.2. The molecule has 0 saturated heterocycles. The van der Waals surface area contributed by atoms with Crippen molar-refractivity contribution in [1.29, 1.82) is 0 Å². The lowest BCUT2D eigenvalue weighted by molar-refractivity contribution is -0.714. The van der Waals surface area contributed by atoms with Gasteiger partial charge >= 0.3 is 0 Å². The first kappa shape index (κ1) is 16.2. The molecule has 126 valence electrons. The van der Waals surface area contributed by atoms with Gasteiger partial charge in [-0.3, -0.25) is 9.78 Å². The molecular weight excluding hydrogens is 312 g/mol. The van der Waals surface area contributed by atoms with Gasteiger partial charge in [0.1, 0.15) is 23.6 Å². The molecule has 0 saturated carbocycles. The Morgan fingerprint density at radius 3 is 2.88 bits per heavy atom. The average Bonchev–Trinajstić information content (AvgIpc) is 2.60. The Morgan fingerprint density at radius 2 is 2.21 bits per heavy atom. The van der Waals surface area contributed by atoms with E-state index in [0.717, 1.165) is 0 Å². The Labute approximate surface area is 138 Å². The van der Waals surface area contributed by atoms with Crippen LogP contribution in [0.3, 0.4) is 0 Å². The second kappa shape index (κ2) is 6.44. The van der Waals surface area contributed by atoms with Crippen molar-refractivity contribution in [3.05, 3.63) is 58.7 Å². The van der Waals surface area contributed by atoms with E-state index in [9.17, 15) is 15.2 Å². The fourth-order valence-corrected chi connectivity index (χ4v) is 2.67. The normalized spacial score (nSPS) is 19.2. The lowest BCUT2D eigenvalue weighted by Gasteiger charge is -2.40. The molecule has 0 spiro atoms. The Morgan fingerprint density at radius 1 is 1.38 bits per heavy atom. The van der Waals surface area contributed by atoms with E-state index in [2.05, 4.69) is 15.6 Å². The monoisotopic (exact) mass is 329 g/mol. The molecule has 1 amide bonds. The number of quaternary nitrogens is 1. The largest absolute Gasteiger partial charge is 0.628 e. The minimum absolute atomic E-state index is 0.00432. The molecule has 24 heavy (non-hydrogen) atoms. The number of para-hydroxylation sites is 1. The topological polar surface area (TPSA) is 114 Å². The molecule has 8 nitrogen and oxygen atoms in total. The molecule has 1 aliphatic rings.